The zero-order valence-electron chi connectivity index (χ0n) is 17.9. The number of aromatic nitrogens is 4. The van der Waals surface area contributed by atoms with Crippen LogP contribution in [-0.2, 0) is 6.54 Å². The van der Waals surface area contributed by atoms with Crippen molar-refractivity contribution in [2.45, 2.75) is 20.4 Å². The van der Waals surface area contributed by atoms with Gasteiger partial charge >= 0.3 is 0 Å². The highest BCUT2D eigenvalue weighted by atomic mass is 16.5. The highest BCUT2D eigenvalue weighted by molar-refractivity contribution is 6.05. The summed E-state index contributed by atoms with van der Waals surface area (Å²) in [6.45, 7) is 4.33. The van der Waals surface area contributed by atoms with E-state index in [1.165, 1.54) is 0 Å². The molecule has 0 bridgehead atoms. The zero-order valence-corrected chi connectivity index (χ0v) is 17.9. The Bertz CT molecular complexity index is 1480. The van der Waals surface area contributed by atoms with E-state index in [1.54, 1.807) is 13.3 Å². The first-order valence-electron chi connectivity index (χ1n) is 10.1. The summed E-state index contributed by atoms with van der Waals surface area (Å²) in [4.78, 5) is 9.25. The van der Waals surface area contributed by atoms with Crippen LogP contribution in [0.3, 0.4) is 0 Å². The van der Waals surface area contributed by atoms with E-state index < -0.39 is 0 Å². The van der Waals surface area contributed by atoms with Crippen LogP contribution in [0.5, 0.6) is 5.75 Å². The third kappa shape index (κ3) is 3.11. The first-order chi connectivity index (χ1) is 15.6. The number of imidazole rings is 1. The summed E-state index contributed by atoms with van der Waals surface area (Å²) >= 11 is 0. The van der Waals surface area contributed by atoms with Crippen molar-refractivity contribution in [1.29, 1.82) is 5.26 Å². The van der Waals surface area contributed by atoms with Crippen molar-refractivity contribution in [3.8, 4) is 23.1 Å². The van der Waals surface area contributed by atoms with Crippen LogP contribution in [-0.4, -0.2) is 26.8 Å². The molecule has 5 aromatic rings. The van der Waals surface area contributed by atoms with Gasteiger partial charge in [-0.2, -0.15) is 5.26 Å². The summed E-state index contributed by atoms with van der Waals surface area (Å²) in [6, 6.07) is 14.0. The number of hydrogen-bond donors (Lipinski definition) is 1. The summed E-state index contributed by atoms with van der Waals surface area (Å²) in [5.74, 6) is 1.87. The number of nitrogens with one attached hydrogen (secondary N) is 1. The lowest BCUT2D eigenvalue weighted by atomic mass is 10.0. The molecule has 0 saturated heterocycles. The molecule has 0 saturated carbocycles. The van der Waals surface area contributed by atoms with Crippen LogP contribution in [0.1, 0.15) is 17.0 Å². The number of ether oxygens (including phenoxy) is 1. The molecule has 0 amide bonds. The molecule has 3 heterocycles. The first kappa shape index (κ1) is 19.6. The van der Waals surface area contributed by atoms with Crippen molar-refractivity contribution in [2.24, 2.45) is 0 Å². The minimum atomic E-state index is 0.467. The standard InChI is InChI=1S/C24H20N6O2/c1-14-22(15(2)32-29-14)18-9-19-17(10-21(18)31-3)23-20(11-26-19)28-24(27-13-25)30(23)12-16-7-5-4-6-8-16/h4-11H,12H2,1-3H3,(H,27,28). The van der Waals surface area contributed by atoms with Crippen LogP contribution in [0, 0.1) is 25.3 Å². The summed E-state index contributed by atoms with van der Waals surface area (Å²) < 4.78 is 13.1. The van der Waals surface area contributed by atoms with E-state index in [0.717, 1.165) is 44.6 Å². The molecule has 5 rings (SSSR count). The van der Waals surface area contributed by atoms with Gasteiger partial charge in [-0.25, -0.2) is 4.98 Å². The number of benzene rings is 2. The molecule has 2 aromatic carbocycles. The van der Waals surface area contributed by atoms with Gasteiger partial charge in [-0.15, -0.1) is 0 Å². The first-order valence-corrected chi connectivity index (χ1v) is 10.1. The van der Waals surface area contributed by atoms with E-state index in [1.807, 2.05) is 67.1 Å². The van der Waals surface area contributed by atoms with Gasteiger partial charge in [0.2, 0.25) is 5.95 Å². The molecule has 158 valence electrons. The lowest BCUT2D eigenvalue weighted by Gasteiger charge is -2.13. The molecule has 1 N–H and O–H groups in total. The molecule has 0 fully saturated rings. The highest BCUT2D eigenvalue weighted by Gasteiger charge is 2.20. The van der Waals surface area contributed by atoms with Crippen LogP contribution >= 0.6 is 0 Å². The topological polar surface area (TPSA) is 102 Å². The molecule has 0 radical (unpaired) electrons. The maximum atomic E-state index is 9.26. The minimum absolute atomic E-state index is 0.467. The average Bonchev–Trinajstić information content (AvgIpc) is 3.33. The van der Waals surface area contributed by atoms with E-state index >= 15 is 0 Å². The van der Waals surface area contributed by atoms with E-state index in [0.29, 0.717) is 23.8 Å². The number of hydrogen-bond acceptors (Lipinski definition) is 7. The molecule has 32 heavy (non-hydrogen) atoms. The predicted octanol–water partition coefficient (Wildman–Crippen LogP) is 4.81. The number of rotatable bonds is 5. The van der Waals surface area contributed by atoms with Crippen LogP contribution < -0.4 is 10.1 Å². The minimum Gasteiger partial charge on any atom is -0.496 e. The van der Waals surface area contributed by atoms with E-state index in [2.05, 4.69) is 20.4 Å². The Morgan fingerprint density at radius 3 is 2.66 bits per heavy atom. The number of anilines is 1. The highest BCUT2D eigenvalue weighted by Crippen LogP contribution is 2.39. The Morgan fingerprint density at radius 1 is 1.16 bits per heavy atom. The maximum absolute atomic E-state index is 9.26. The molecule has 0 aliphatic carbocycles. The van der Waals surface area contributed by atoms with Crippen molar-refractivity contribution < 1.29 is 9.26 Å². The van der Waals surface area contributed by atoms with Crippen LogP contribution in [0.2, 0.25) is 0 Å². The third-order valence-corrected chi connectivity index (χ3v) is 5.55. The van der Waals surface area contributed by atoms with Crippen molar-refractivity contribution in [1.82, 2.24) is 19.7 Å². The SMILES string of the molecule is COc1cc2c(cc1-c1c(C)noc1C)ncc1nc(NC#N)n(Cc3ccccc3)c12. The number of methoxy groups -OCH3 is 1. The molecule has 8 nitrogen and oxygen atoms in total. The monoisotopic (exact) mass is 424 g/mol. The second-order valence-electron chi connectivity index (χ2n) is 7.50. The Hall–Kier alpha value is -4.38. The largest absolute Gasteiger partial charge is 0.496 e. The summed E-state index contributed by atoms with van der Waals surface area (Å²) in [7, 11) is 1.64. The molecular weight excluding hydrogens is 404 g/mol. The predicted molar refractivity (Wildman–Crippen MR) is 121 cm³/mol. The van der Waals surface area contributed by atoms with E-state index in [-0.39, 0.29) is 0 Å². The van der Waals surface area contributed by atoms with Crippen molar-refractivity contribution in [2.75, 3.05) is 12.4 Å². The molecule has 0 unspecified atom stereocenters. The second-order valence-corrected chi connectivity index (χ2v) is 7.50. The van der Waals surface area contributed by atoms with Gasteiger partial charge < -0.3 is 13.8 Å². The lowest BCUT2D eigenvalue weighted by molar-refractivity contribution is 0.393. The Balaban J connectivity index is 1.79. The molecule has 3 aromatic heterocycles. The average molecular weight is 424 g/mol. The fraction of sp³-hybridized carbons (Fsp3) is 0.167. The molecule has 0 atom stereocenters. The molecule has 8 heteroatoms. The fourth-order valence-electron chi connectivity index (χ4n) is 4.14. The summed E-state index contributed by atoms with van der Waals surface area (Å²) in [6.07, 6.45) is 3.71. The van der Waals surface area contributed by atoms with Gasteiger partial charge in [-0.1, -0.05) is 35.5 Å². The van der Waals surface area contributed by atoms with Gasteiger partial charge in [0.1, 0.15) is 17.0 Å². The summed E-state index contributed by atoms with van der Waals surface area (Å²) in [5, 5.41) is 16.9. The smallest absolute Gasteiger partial charge is 0.217 e. The lowest BCUT2D eigenvalue weighted by Crippen LogP contribution is -2.05. The molecule has 0 aliphatic rings. The number of nitrogens with zero attached hydrogens (tertiary/aromatic N) is 5. The molecule has 0 aliphatic heterocycles. The van der Waals surface area contributed by atoms with Gasteiger partial charge in [-0.3, -0.25) is 10.3 Å². The number of pyridine rings is 1. The van der Waals surface area contributed by atoms with Crippen LogP contribution in [0.4, 0.5) is 5.95 Å². The molecule has 0 spiro atoms. The number of fused-ring (bicyclic) bond motifs is 3. The van der Waals surface area contributed by atoms with Gasteiger partial charge in [0.15, 0.2) is 6.19 Å². The van der Waals surface area contributed by atoms with E-state index in [9.17, 15) is 5.26 Å². The number of nitriles is 1. The van der Waals surface area contributed by atoms with Crippen molar-refractivity contribution in [3.63, 3.8) is 0 Å². The van der Waals surface area contributed by atoms with Crippen molar-refractivity contribution >= 4 is 27.9 Å². The van der Waals surface area contributed by atoms with E-state index in [4.69, 9.17) is 9.26 Å². The fourth-order valence-corrected chi connectivity index (χ4v) is 4.14. The Morgan fingerprint density at radius 2 is 1.97 bits per heavy atom. The van der Waals surface area contributed by atoms with Gasteiger partial charge in [0.25, 0.3) is 0 Å². The maximum Gasteiger partial charge on any atom is 0.217 e. The van der Waals surface area contributed by atoms with Gasteiger partial charge in [-0.05, 0) is 31.5 Å². The Kier molecular flexibility index (Phi) is 4.71. The molecular formula is C24H20N6O2. The van der Waals surface area contributed by atoms with Crippen LogP contribution in [0.25, 0.3) is 33.1 Å². The third-order valence-electron chi connectivity index (χ3n) is 5.55. The van der Waals surface area contributed by atoms with Gasteiger partial charge in [0.05, 0.1) is 42.1 Å². The Labute approximate surface area is 184 Å². The second kappa shape index (κ2) is 7.71. The van der Waals surface area contributed by atoms with Gasteiger partial charge in [0, 0.05) is 10.9 Å². The number of aryl methyl sites for hydroxylation is 2. The summed E-state index contributed by atoms with van der Waals surface area (Å²) in [5.41, 5.74) is 6.00. The normalized spacial score (nSPS) is 11.1. The zero-order chi connectivity index (χ0) is 22.2. The van der Waals surface area contributed by atoms with Crippen molar-refractivity contribution in [3.05, 3.63) is 65.7 Å². The van der Waals surface area contributed by atoms with Crippen LogP contribution in [0.15, 0.2) is 53.2 Å². The quantitative estimate of drug-likeness (QED) is 0.319.